The van der Waals surface area contributed by atoms with E-state index in [2.05, 4.69) is 17.9 Å². The lowest BCUT2D eigenvalue weighted by atomic mass is 9.87. The molecule has 2 atom stereocenters. The number of hydrogen-bond acceptors (Lipinski definition) is 3. The van der Waals surface area contributed by atoms with E-state index >= 15 is 0 Å². The fourth-order valence-corrected chi connectivity index (χ4v) is 2.94. The number of methoxy groups -OCH3 is 1. The Balaban J connectivity index is 1.94. The Morgan fingerprint density at radius 1 is 1.47 bits per heavy atom. The van der Waals surface area contributed by atoms with E-state index in [-0.39, 0.29) is 0 Å². The average Bonchev–Trinajstić information content (AvgIpc) is 2.81. The highest BCUT2D eigenvalue weighted by molar-refractivity contribution is 5.44. The van der Waals surface area contributed by atoms with E-state index in [1.165, 1.54) is 5.56 Å². The molecule has 0 aromatic heterocycles. The van der Waals surface area contributed by atoms with Gasteiger partial charge in [-0.15, -0.1) is 0 Å². The number of likely N-dealkylation sites (tertiary alicyclic amines) is 1. The molecule has 1 aromatic rings. The van der Waals surface area contributed by atoms with E-state index in [0.717, 1.165) is 37.7 Å². The van der Waals surface area contributed by atoms with Crippen molar-refractivity contribution in [2.75, 3.05) is 33.4 Å². The number of ether oxygens (including phenoxy) is 2. The number of hydrogen-bond donors (Lipinski definition) is 0. The first-order valence-corrected chi connectivity index (χ1v) is 6.14. The predicted octanol–water partition coefficient (Wildman–Crippen LogP) is 1.94. The first kappa shape index (κ1) is 10.9. The Morgan fingerprint density at radius 3 is 3.12 bits per heavy atom. The van der Waals surface area contributed by atoms with E-state index in [0.29, 0.717) is 11.8 Å². The molecule has 3 nitrogen and oxygen atoms in total. The summed E-state index contributed by atoms with van der Waals surface area (Å²) in [4.78, 5) is 2.40. The van der Waals surface area contributed by atoms with Crippen LogP contribution in [0.3, 0.4) is 0 Å². The van der Waals surface area contributed by atoms with Gasteiger partial charge in [0, 0.05) is 30.5 Å². The van der Waals surface area contributed by atoms with Gasteiger partial charge in [0.15, 0.2) is 0 Å². The van der Waals surface area contributed by atoms with Gasteiger partial charge in [-0.1, -0.05) is 0 Å². The number of fused-ring (bicyclic) bond motifs is 3. The first-order valence-electron chi connectivity index (χ1n) is 6.14. The molecule has 2 heterocycles. The lowest BCUT2D eigenvalue weighted by Crippen LogP contribution is -2.25. The zero-order valence-electron chi connectivity index (χ0n) is 10.2. The molecule has 1 fully saturated rings. The van der Waals surface area contributed by atoms with Crippen LogP contribution in [0.4, 0.5) is 0 Å². The fraction of sp³-hybridized carbons (Fsp3) is 0.500. The Bertz CT molecular complexity index is 419. The van der Waals surface area contributed by atoms with Crippen molar-refractivity contribution < 1.29 is 9.47 Å². The van der Waals surface area contributed by atoms with E-state index in [4.69, 9.17) is 9.47 Å². The number of nitrogens with zero attached hydrogens (tertiary/aromatic N) is 1. The minimum absolute atomic E-state index is 0.579. The lowest BCUT2D eigenvalue weighted by molar-refractivity contribution is 0.213. The van der Waals surface area contributed by atoms with E-state index < -0.39 is 0 Å². The van der Waals surface area contributed by atoms with Crippen LogP contribution >= 0.6 is 0 Å². The van der Waals surface area contributed by atoms with Crippen molar-refractivity contribution in [1.29, 1.82) is 0 Å². The van der Waals surface area contributed by atoms with Crippen molar-refractivity contribution in [3.63, 3.8) is 0 Å². The molecular weight excluding hydrogens is 214 g/mol. The number of benzene rings is 1. The molecule has 2 aliphatic heterocycles. The van der Waals surface area contributed by atoms with Crippen LogP contribution in [0.15, 0.2) is 18.2 Å². The predicted molar refractivity (Wildman–Crippen MR) is 66.5 cm³/mol. The molecular formula is C14H18NO2. The Kier molecular flexibility index (Phi) is 2.71. The molecule has 0 N–H and O–H groups in total. The summed E-state index contributed by atoms with van der Waals surface area (Å²) in [7, 11) is 1.71. The molecule has 3 heteroatoms. The summed E-state index contributed by atoms with van der Waals surface area (Å²) in [5.74, 6) is 3.13. The maximum absolute atomic E-state index is 5.83. The minimum atomic E-state index is 0.579. The summed E-state index contributed by atoms with van der Waals surface area (Å²) in [6.45, 7) is 7.89. The summed E-state index contributed by atoms with van der Waals surface area (Å²) < 4.78 is 11.1. The van der Waals surface area contributed by atoms with E-state index in [9.17, 15) is 0 Å². The summed E-state index contributed by atoms with van der Waals surface area (Å²) in [6.07, 6.45) is 0. The van der Waals surface area contributed by atoms with Gasteiger partial charge in [0.05, 0.1) is 13.7 Å². The highest BCUT2D eigenvalue weighted by atomic mass is 16.5. The molecule has 91 valence electrons. The van der Waals surface area contributed by atoms with Crippen LogP contribution in [0.1, 0.15) is 11.5 Å². The Hall–Kier alpha value is -1.22. The molecule has 1 saturated heterocycles. The fourth-order valence-electron chi connectivity index (χ4n) is 2.94. The van der Waals surface area contributed by atoms with Gasteiger partial charge in [-0.25, -0.2) is 0 Å². The first-order chi connectivity index (χ1) is 8.31. The normalized spacial score (nSPS) is 27.2. The van der Waals surface area contributed by atoms with Crippen molar-refractivity contribution in [3.8, 4) is 11.5 Å². The van der Waals surface area contributed by atoms with Crippen molar-refractivity contribution >= 4 is 0 Å². The zero-order chi connectivity index (χ0) is 11.8. The smallest absolute Gasteiger partial charge is 0.123 e. The van der Waals surface area contributed by atoms with Gasteiger partial charge < -0.3 is 14.4 Å². The lowest BCUT2D eigenvalue weighted by Gasteiger charge is -2.28. The summed E-state index contributed by atoms with van der Waals surface area (Å²) in [5.41, 5.74) is 1.30. The second kappa shape index (κ2) is 4.22. The largest absolute Gasteiger partial charge is 0.497 e. The van der Waals surface area contributed by atoms with Crippen LogP contribution in [0.5, 0.6) is 11.5 Å². The van der Waals surface area contributed by atoms with Crippen LogP contribution < -0.4 is 9.47 Å². The molecule has 0 spiro atoms. The molecule has 17 heavy (non-hydrogen) atoms. The van der Waals surface area contributed by atoms with Crippen LogP contribution in [-0.4, -0.2) is 38.3 Å². The quantitative estimate of drug-likeness (QED) is 0.777. The third kappa shape index (κ3) is 1.78. The summed E-state index contributed by atoms with van der Waals surface area (Å²) in [6, 6.07) is 6.11. The van der Waals surface area contributed by atoms with Gasteiger partial charge in [0.2, 0.25) is 0 Å². The molecule has 0 saturated carbocycles. The van der Waals surface area contributed by atoms with Crippen LogP contribution in [0, 0.1) is 12.8 Å². The minimum Gasteiger partial charge on any atom is -0.497 e. The van der Waals surface area contributed by atoms with Gasteiger partial charge in [0.1, 0.15) is 11.5 Å². The molecule has 0 amide bonds. The van der Waals surface area contributed by atoms with Crippen molar-refractivity contribution in [2.24, 2.45) is 5.92 Å². The second-order valence-electron chi connectivity index (χ2n) is 4.84. The highest BCUT2D eigenvalue weighted by Crippen LogP contribution is 2.42. The van der Waals surface area contributed by atoms with E-state index in [1.54, 1.807) is 7.11 Å². The monoisotopic (exact) mass is 232 g/mol. The maximum atomic E-state index is 5.83. The van der Waals surface area contributed by atoms with Gasteiger partial charge >= 0.3 is 0 Å². The molecule has 0 aliphatic carbocycles. The third-order valence-electron chi connectivity index (χ3n) is 3.90. The molecule has 1 aromatic carbocycles. The Labute approximate surface area is 102 Å². The molecule has 2 aliphatic rings. The number of rotatable bonds is 2. The molecule has 0 unspecified atom stereocenters. The van der Waals surface area contributed by atoms with Gasteiger partial charge in [-0.3, -0.25) is 0 Å². The van der Waals surface area contributed by atoms with Crippen LogP contribution in [0.2, 0.25) is 0 Å². The van der Waals surface area contributed by atoms with Crippen molar-refractivity contribution in [1.82, 2.24) is 4.90 Å². The second-order valence-corrected chi connectivity index (χ2v) is 4.84. The standard InChI is InChI=1S/C14H18NO2/c1-3-15-7-10-9-17-14-5-4-11(16-2)6-12(14)13(10)8-15/h4-6,10,13H,1,3,7-9H2,2H3/t10-,13-/m1/s1. The third-order valence-corrected chi connectivity index (χ3v) is 3.90. The highest BCUT2D eigenvalue weighted by Gasteiger charge is 2.38. The molecule has 1 radical (unpaired) electrons. The van der Waals surface area contributed by atoms with E-state index in [1.807, 2.05) is 12.1 Å². The topological polar surface area (TPSA) is 21.7 Å². The Morgan fingerprint density at radius 2 is 2.35 bits per heavy atom. The van der Waals surface area contributed by atoms with Gasteiger partial charge in [0.25, 0.3) is 0 Å². The van der Waals surface area contributed by atoms with Crippen LogP contribution in [0.25, 0.3) is 0 Å². The summed E-state index contributed by atoms with van der Waals surface area (Å²) >= 11 is 0. The van der Waals surface area contributed by atoms with Gasteiger partial charge in [-0.05, 0) is 31.7 Å². The van der Waals surface area contributed by atoms with Gasteiger partial charge in [-0.2, -0.15) is 0 Å². The van der Waals surface area contributed by atoms with Crippen molar-refractivity contribution in [3.05, 3.63) is 30.7 Å². The van der Waals surface area contributed by atoms with Crippen LogP contribution in [-0.2, 0) is 0 Å². The molecule has 3 rings (SSSR count). The zero-order valence-corrected chi connectivity index (χ0v) is 10.2. The van der Waals surface area contributed by atoms with Crippen molar-refractivity contribution in [2.45, 2.75) is 5.92 Å². The average molecular weight is 232 g/mol. The molecule has 0 bridgehead atoms. The summed E-state index contributed by atoms with van der Waals surface area (Å²) in [5, 5.41) is 0. The maximum Gasteiger partial charge on any atom is 0.123 e. The SMILES string of the molecule is [CH2]CN1C[C@@H]2COc3ccc(OC)cc3[C@@H]2C1.